The zero-order valence-corrected chi connectivity index (χ0v) is 15.7. The molecule has 4 rings (SSSR count). The van der Waals surface area contributed by atoms with Crippen molar-refractivity contribution in [3.8, 4) is 5.75 Å². The average molecular weight is 398 g/mol. The van der Waals surface area contributed by atoms with Crippen LogP contribution in [-0.4, -0.2) is 37.2 Å². The van der Waals surface area contributed by atoms with Crippen molar-refractivity contribution in [3.05, 3.63) is 78.1 Å². The Balaban J connectivity index is 1.48. The molecule has 2 heterocycles. The van der Waals surface area contributed by atoms with Crippen LogP contribution in [0.1, 0.15) is 28.4 Å². The van der Waals surface area contributed by atoms with Gasteiger partial charge in [0, 0.05) is 23.9 Å². The number of carbonyl (C=O) groups is 1. The third kappa shape index (κ3) is 3.83. The molecule has 144 valence electrons. The lowest BCUT2D eigenvalue weighted by atomic mass is 10.0. The molecule has 1 aliphatic heterocycles. The Kier molecular flexibility index (Phi) is 4.97. The number of benzene rings is 2. The van der Waals surface area contributed by atoms with E-state index in [4.69, 9.17) is 8.92 Å². The lowest BCUT2D eigenvalue weighted by molar-refractivity contribution is 0.103. The monoisotopic (exact) mass is 398 g/mol. The summed E-state index contributed by atoms with van der Waals surface area (Å²) in [5.74, 6) is -0.0170. The summed E-state index contributed by atoms with van der Waals surface area (Å²) in [6, 6.07) is 14.9. The van der Waals surface area contributed by atoms with E-state index in [0.717, 1.165) is 6.42 Å². The first-order valence-electron chi connectivity index (χ1n) is 8.79. The van der Waals surface area contributed by atoms with E-state index in [-0.39, 0.29) is 22.5 Å². The number of ketones is 1. The van der Waals surface area contributed by atoms with Crippen molar-refractivity contribution in [2.75, 3.05) is 13.2 Å². The minimum absolute atomic E-state index is 0.0242. The average Bonchev–Trinajstić information content (AvgIpc) is 3.40. The molecule has 28 heavy (non-hydrogen) atoms. The Hall–Kier alpha value is -2.97. The molecule has 0 spiro atoms. The Morgan fingerprint density at radius 2 is 1.79 bits per heavy atom. The van der Waals surface area contributed by atoms with Gasteiger partial charge in [-0.3, -0.25) is 9.48 Å². The first-order chi connectivity index (χ1) is 13.5. The van der Waals surface area contributed by atoms with Gasteiger partial charge in [-0.25, -0.2) is 0 Å². The predicted molar refractivity (Wildman–Crippen MR) is 101 cm³/mol. The van der Waals surface area contributed by atoms with Crippen LogP contribution in [0, 0.1) is 0 Å². The highest BCUT2D eigenvalue weighted by Gasteiger charge is 2.23. The molecule has 0 amide bonds. The number of aromatic nitrogens is 2. The van der Waals surface area contributed by atoms with Crippen LogP contribution in [-0.2, 0) is 14.9 Å². The van der Waals surface area contributed by atoms with Crippen molar-refractivity contribution in [1.29, 1.82) is 0 Å². The second-order valence-corrected chi connectivity index (χ2v) is 7.98. The zero-order valence-electron chi connectivity index (χ0n) is 14.9. The molecule has 0 bridgehead atoms. The summed E-state index contributed by atoms with van der Waals surface area (Å²) in [4.78, 5) is 12.4. The van der Waals surface area contributed by atoms with Gasteiger partial charge in [0.1, 0.15) is 10.6 Å². The van der Waals surface area contributed by atoms with E-state index in [2.05, 4.69) is 5.10 Å². The Bertz CT molecular complexity index is 1070. The van der Waals surface area contributed by atoms with E-state index in [1.807, 2.05) is 6.07 Å². The van der Waals surface area contributed by atoms with Crippen LogP contribution in [0.2, 0.25) is 0 Å². The fourth-order valence-electron chi connectivity index (χ4n) is 2.97. The van der Waals surface area contributed by atoms with Gasteiger partial charge in [-0.15, -0.1) is 0 Å². The van der Waals surface area contributed by atoms with Crippen LogP contribution in [0.25, 0.3) is 0 Å². The van der Waals surface area contributed by atoms with Gasteiger partial charge in [0.25, 0.3) is 0 Å². The van der Waals surface area contributed by atoms with Gasteiger partial charge in [0.2, 0.25) is 0 Å². The van der Waals surface area contributed by atoms with E-state index in [1.54, 1.807) is 41.1 Å². The molecule has 3 aromatic rings. The van der Waals surface area contributed by atoms with Crippen LogP contribution >= 0.6 is 0 Å². The minimum atomic E-state index is -4.02. The molecule has 2 aromatic carbocycles. The third-order valence-electron chi connectivity index (χ3n) is 4.50. The van der Waals surface area contributed by atoms with Crippen molar-refractivity contribution in [3.63, 3.8) is 0 Å². The van der Waals surface area contributed by atoms with Crippen LogP contribution in [0.4, 0.5) is 0 Å². The van der Waals surface area contributed by atoms with Gasteiger partial charge in [-0.1, -0.05) is 30.3 Å². The molecule has 0 N–H and O–H groups in total. The van der Waals surface area contributed by atoms with Crippen LogP contribution in [0.5, 0.6) is 5.75 Å². The van der Waals surface area contributed by atoms with Gasteiger partial charge in [-0.05, 0) is 30.7 Å². The van der Waals surface area contributed by atoms with Gasteiger partial charge < -0.3 is 8.92 Å². The Morgan fingerprint density at radius 1 is 1.07 bits per heavy atom. The van der Waals surface area contributed by atoms with E-state index >= 15 is 0 Å². The standard InChI is InChI=1S/C20H18N2O5S/c23-20(15-4-2-1-3-5-15)16-6-8-18(9-7-16)27-28(24,25)19-12-21-22(13-19)17-10-11-26-14-17/h1-9,12-13,17H,10-11,14H2/t17-/m1/s1. The second kappa shape index (κ2) is 7.57. The molecule has 0 saturated carbocycles. The largest absolute Gasteiger partial charge is 0.379 e. The number of hydrogen-bond donors (Lipinski definition) is 0. The van der Waals surface area contributed by atoms with Crippen molar-refractivity contribution in [1.82, 2.24) is 9.78 Å². The van der Waals surface area contributed by atoms with Crippen LogP contribution < -0.4 is 4.18 Å². The molecule has 0 aliphatic carbocycles. The van der Waals surface area contributed by atoms with Crippen molar-refractivity contribution in [2.45, 2.75) is 17.4 Å². The van der Waals surface area contributed by atoms with E-state index in [1.165, 1.54) is 24.5 Å². The highest BCUT2D eigenvalue weighted by atomic mass is 32.2. The summed E-state index contributed by atoms with van der Waals surface area (Å²) < 4.78 is 37.1. The number of ether oxygens (including phenoxy) is 1. The summed E-state index contributed by atoms with van der Waals surface area (Å²) in [5, 5.41) is 4.11. The molecule has 1 aliphatic rings. The zero-order chi connectivity index (χ0) is 19.6. The summed E-state index contributed by atoms with van der Waals surface area (Å²) in [5.41, 5.74) is 1.01. The molecule has 1 atom stereocenters. The van der Waals surface area contributed by atoms with E-state index in [9.17, 15) is 13.2 Å². The van der Waals surface area contributed by atoms with Crippen molar-refractivity contribution >= 4 is 15.9 Å². The molecule has 1 aromatic heterocycles. The minimum Gasteiger partial charge on any atom is -0.379 e. The van der Waals surface area contributed by atoms with Crippen molar-refractivity contribution < 1.29 is 22.1 Å². The molecule has 1 fully saturated rings. The lowest BCUT2D eigenvalue weighted by Gasteiger charge is -2.08. The Labute approximate surface area is 162 Å². The number of nitrogens with zero attached hydrogens (tertiary/aromatic N) is 2. The SMILES string of the molecule is O=C(c1ccccc1)c1ccc(OS(=O)(=O)c2cnn([C@@H]3CCOC3)c2)cc1. The molecule has 0 radical (unpaired) electrons. The maximum Gasteiger partial charge on any atom is 0.342 e. The second-order valence-electron chi connectivity index (χ2n) is 6.43. The van der Waals surface area contributed by atoms with Crippen LogP contribution in [0.3, 0.4) is 0 Å². The van der Waals surface area contributed by atoms with Gasteiger partial charge in [0.05, 0.1) is 18.8 Å². The summed E-state index contributed by atoms with van der Waals surface area (Å²) >= 11 is 0. The molecule has 7 nitrogen and oxygen atoms in total. The third-order valence-corrected chi connectivity index (χ3v) is 5.70. The van der Waals surface area contributed by atoms with Crippen molar-refractivity contribution in [2.24, 2.45) is 0 Å². The maximum absolute atomic E-state index is 12.5. The van der Waals surface area contributed by atoms with Crippen LogP contribution in [0.15, 0.2) is 71.9 Å². The highest BCUT2D eigenvalue weighted by Crippen LogP contribution is 2.23. The van der Waals surface area contributed by atoms with Gasteiger partial charge >= 0.3 is 10.1 Å². The smallest absolute Gasteiger partial charge is 0.342 e. The quantitative estimate of drug-likeness (QED) is 0.469. The van der Waals surface area contributed by atoms with E-state index in [0.29, 0.717) is 24.3 Å². The fraction of sp³-hybridized carbons (Fsp3) is 0.200. The number of rotatable bonds is 6. The normalized spacial score (nSPS) is 16.8. The van der Waals surface area contributed by atoms with E-state index < -0.39 is 10.1 Å². The van der Waals surface area contributed by atoms with Gasteiger partial charge in [0.15, 0.2) is 5.78 Å². The molecule has 1 saturated heterocycles. The predicted octanol–water partition coefficient (Wildman–Crippen LogP) is 2.84. The summed E-state index contributed by atoms with van der Waals surface area (Å²) in [6.07, 6.45) is 3.50. The highest BCUT2D eigenvalue weighted by molar-refractivity contribution is 7.87. The van der Waals surface area contributed by atoms with Gasteiger partial charge in [-0.2, -0.15) is 13.5 Å². The first-order valence-corrected chi connectivity index (χ1v) is 10.2. The molecular weight excluding hydrogens is 380 g/mol. The number of hydrogen-bond acceptors (Lipinski definition) is 6. The first kappa shape index (κ1) is 18.4. The fourth-order valence-corrected chi connectivity index (χ4v) is 3.85. The number of carbonyl (C=O) groups excluding carboxylic acids is 1. The summed E-state index contributed by atoms with van der Waals surface area (Å²) in [6.45, 7) is 1.15. The topological polar surface area (TPSA) is 87.5 Å². The maximum atomic E-state index is 12.5. The Morgan fingerprint density at radius 3 is 2.46 bits per heavy atom. The molecule has 8 heteroatoms. The molecular formula is C20H18N2O5S. The molecule has 0 unspecified atom stereocenters. The lowest BCUT2D eigenvalue weighted by Crippen LogP contribution is -2.11. The summed E-state index contributed by atoms with van der Waals surface area (Å²) in [7, 11) is -4.02.